The minimum absolute atomic E-state index is 0.0189. The molecule has 7 heteroatoms. The second kappa shape index (κ2) is 18.0. The maximum absolute atomic E-state index is 11.7. The van der Waals surface area contributed by atoms with Crippen molar-refractivity contribution in [1.29, 1.82) is 0 Å². The van der Waals surface area contributed by atoms with Crippen LogP contribution in [0.5, 0.6) is 0 Å². The van der Waals surface area contributed by atoms with Crippen molar-refractivity contribution in [3.8, 4) is 0 Å². The Bertz CT molecular complexity index is 389. The van der Waals surface area contributed by atoms with Crippen LogP contribution >= 0.6 is 0 Å². The summed E-state index contributed by atoms with van der Waals surface area (Å²) in [5.74, 6) is -0.288. The fourth-order valence-corrected chi connectivity index (χ4v) is 2.31. The number of ether oxygens (including phenoxy) is 1. The third-order valence-electron chi connectivity index (χ3n) is 3.90. The highest BCUT2D eigenvalue weighted by Crippen LogP contribution is 2.08. The van der Waals surface area contributed by atoms with Gasteiger partial charge in [0, 0.05) is 19.5 Å². The molecule has 0 atom stereocenters. The van der Waals surface area contributed by atoms with E-state index in [4.69, 9.17) is 4.74 Å². The predicted molar refractivity (Wildman–Crippen MR) is 103 cm³/mol. The van der Waals surface area contributed by atoms with Gasteiger partial charge in [-0.15, -0.1) is 0 Å². The summed E-state index contributed by atoms with van der Waals surface area (Å²) < 4.78 is 4.88. The number of unbranched alkanes of at least 4 members (excludes halogenated alkanes) is 7. The molecule has 0 radical (unpaired) electrons. The Balaban J connectivity index is 3.45. The third kappa shape index (κ3) is 17.0. The summed E-state index contributed by atoms with van der Waals surface area (Å²) >= 11 is 0. The zero-order valence-electron chi connectivity index (χ0n) is 16.5. The van der Waals surface area contributed by atoms with E-state index < -0.39 is 6.09 Å². The molecule has 0 saturated carbocycles. The van der Waals surface area contributed by atoms with Gasteiger partial charge in [0.25, 0.3) is 0 Å². The van der Waals surface area contributed by atoms with Gasteiger partial charge in [0.1, 0.15) is 0 Å². The van der Waals surface area contributed by atoms with Gasteiger partial charge in [-0.25, -0.2) is 4.79 Å². The number of carbonyl (C=O) groups excluding carboxylic acids is 3. The summed E-state index contributed by atoms with van der Waals surface area (Å²) in [6.45, 7) is 5.16. The molecule has 0 unspecified atom stereocenters. The molecular formula is C19H37N3O4. The van der Waals surface area contributed by atoms with Crippen LogP contribution in [0.1, 0.15) is 78.1 Å². The van der Waals surface area contributed by atoms with E-state index in [0.717, 1.165) is 25.7 Å². The van der Waals surface area contributed by atoms with Gasteiger partial charge >= 0.3 is 6.09 Å². The summed E-state index contributed by atoms with van der Waals surface area (Å²) in [5.41, 5.74) is 0. The average molecular weight is 372 g/mol. The molecule has 0 aromatic carbocycles. The maximum Gasteiger partial charge on any atom is 0.407 e. The minimum atomic E-state index is -0.586. The van der Waals surface area contributed by atoms with Gasteiger partial charge in [-0.1, -0.05) is 58.8 Å². The van der Waals surface area contributed by atoms with Crippen molar-refractivity contribution in [1.82, 2.24) is 16.0 Å². The predicted octanol–water partition coefficient (Wildman–Crippen LogP) is 2.89. The number of nitrogens with one attached hydrogen (secondary N) is 3. The van der Waals surface area contributed by atoms with Gasteiger partial charge in [0.15, 0.2) is 0 Å². The van der Waals surface area contributed by atoms with Crippen LogP contribution in [-0.2, 0) is 14.3 Å². The quantitative estimate of drug-likeness (QED) is 0.363. The molecule has 0 aliphatic rings. The standard InChI is InChI=1S/C19H37N3O4/c1-3-5-7-8-9-10-11-12-17(23)20-13-14-21-18(24)16-22-19(25)26-15-6-4-2/h3-16H2,1-2H3,(H,20,23)(H,21,24)(H,22,25). The molecule has 0 heterocycles. The van der Waals surface area contributed by atoms with Crippen LogP contribution in [0.4, 0.5) is 4.79 Å². The van der Waals surface area contributed by atoms with E-state index in [0.29, 0.717) is 26.1 Å². The zero-order chi connectivity index (χ0) is 19.5. The van der Waals surface area contributed by atoms with E-state index in [1.54, 1.807) is 0 Å². The number of rotatable bonds is 16. The Labute approximate surface area is 158 Å². The summed E-state index contributed by atoms with van der Waals surface area (Å²) in [6, 6.07) is 0. The Hall–Kier alpha value is -1.79. The zero-order valence-corrected chi connectivity index (χ0v) is 16.5. The van der Waals surface area contributed by atoms with Crippen LogP contribution in [0.25, 0.3) is 0 Å². The van der Waals surface area contributed by atoms with E-state index in [9.17, 15) is 14.4 Å². The Morgan fingerprint density at radius 3 is 1.92 bits per heavy atom. The molecule has 0 spiro atoms. The van der Waals surface area contributed by atoms with Crippen molar-refractivity contribution < 1.29 is 19.1 Å². The topological polar surface area (TPSA) is 96.5 Å². The van der Waals surface area contributed by atoms with Gasteiger partial charge in [-0.3, -0.25) is 9.59 Å². The Morgan fingerprint density at radius 2 is 1.27 bits per heavy atom. The number of hydrogen-bond donors (Lipinski definition) is 3. The molecule has 3 amide bonds. The van der Waals surface area contributed by atoms with Crippen LogP contribution in [0.2, 0.25) is 0 Å². The highest BCUT2D eigenvalue weighted by Gasteiger charge is 2.06. The Kier molecular flexibility index (Phi) is 16.8. The lowest BCUT2D eigenvalue weighted by atomic mass is 10.1. The molecule has 152 valence electrons. The van der Waals surface area contributed by atoms with Crippen molar-refractivity contribution in [3.05, 3.63) is 0 Å². The van der Waals surface area contributed by atoms with Crippen molar-refractivity contribution in [2.75, 3.05) is 26.2 Å². The molecule has 0 aromatic heterocycles. The number of alkyl carbamates (subject to hydrolysis) is 1. The molecule has 0 bridgehead atoms. The highest BCUT2D eigenvalue weighted by atomic mass is 16.5. The SMILES string of the molecule is CCCCCCCCCC(=O)NCCNC(=O)CNC(=O)OCCCC. The lowest BCUT2D eigenvalue weighted by molar-refractivity contribution is -0.122. The molecule has 0 fully saturated rings. The molecule has 0 saturated heterocycles. The first-order valence-electron chi connectivity index (χ1n) is 10.0. The summed E-state index contributed by atoms with van der Waals surface area (Å²) in [6.07, 6.45) is 9.97. The molecular weight excluding hydrogens is 334 g/mol. The number of amides is 3. The second-order valence-corrected chi connectivity index (χ2v) is 6.41. The highest BCUT2D eigenvalue weighted by molar-refractivity contribution is 5.82. The normalized spacial score (nSPS) is 10.2. The minimum Gasteiger partial charge on any atom is -0.450 e. The molecule has 0 rings (SSSR count). The van der Waals surface area contributed by atoms with E-state index in [2.05, 4.69) is 22.9 Å². The molecule has 0 aromatic rings. The van der Waals surface area contributed by atoms with Gasteiger partial charge < -0.3 is 20.7 Å². The maximum atomic E-state index is 11.7. The first kappa shape index (κ1) is 24.2. The van der Waals surface area contributed by atoms with Crippen molar-refractivity contribution in [2.24, 2.45) is 0 Å². The van der Waals surface area contributed by atoms with Crippen LogP contribution < -0.4 is 16.0 Å². The summed E-state index contributed by atoms with van der Waals surface area (Å²) in [7, 11) is 0. The van der Waals surface area contributed by atoms with Crippen molar-refractivity contribution in [2.45, 2.75) is 78.1 Å². The molecule has 0 aliphatic heterocycles. The summed E-state index contributed by atoms with van der Waals surface area (Å²) in [4.78, 5) is 34.5. The lowest BCUT2D eigenvalue weighted by Crippen LogP contribution is -2.40. The van der Waals surface area contributed by atoms with Crippen LogP contribution in [0.3, 0.4) is 0 Å². The van der Waals surface area contributed by atoms with Gasteiger partial charge in [0.05, 0.1) is 13.2 Å². The Morgan fingerprint density at radius 1 is 0.692 bits per heavy atom. The average Bonchev–Trinajstić information content (AvgIpc) is 2.63. The van der Waals surface area contributed by atoms with Crippen LogP contribution in [0, 0.1) is 0 Å². The fraction of sp³-hybridized carbons (Fsp3) is 0.842. The third-order valence-corrected chi connectivity index (χ3v) is 3.90. The molecule has 7 nitrogen and oxygen atoms in total. The van der Waals surface area contributed by atoms with E-state index in [-0.39, 0.29) is 18.4 Å². The van der Waals surface area contributed by atoms with Crippen LogP contribution in [-0.4, -0.2) is 44.1 Å². The lowest BCUT2D eigenvalue weighted by Gasteiger charge is -2.08. The first-order valence-corrected chi connectivity index (χ1v) is 10.0. The summed E-state index contributed by atoms with van der Waals surface area (Å²) in [5, 5.41) is 7.80. The van der Waals surface area contributed by atoms with Crippen molar-refractivity contribution >= 4 is 17.9 Å². The smallest absolute Gasteiger partial charge is 0.407 e. The largest absolute Gasteiger partial charge is 0.450 e. The van der Waals surface area contributed by atoms with Gasteiger partial charge in [-0.2, -0.15) is 0 Å². The fourth-order valence-electron chi connectivity index (χ4n) is 2.31. The second-order valence-electron chi connectivity index (χ2n) is 6.41. The van der Waals surface area contributed by atoms with E-state index in [1.807, 2.05) is 6.92 Å². The van der Waals surface area contributed by atoms with E-state index in [1.165, 1.54) is 32.1 Å². The van der Waals surface area contributed by atoms with Crippen LogP contribution in [0.15, 0.2) is 0 Å². The monoisotopic (exact) mass is 371 g/mol. The molecule has 26 heavy (non-hydrogen) atoms. The first-order chi connectivity index (χ1) is 12.6. The van der Waals surface area contributed by atoms with E-state index >= 15 is 0 Å². The van der Waals surface area contributed by atoms with Gasteiger partial charge in [-0.05, 0) is 12.8 Å². The van der Waals surface area contributed by atoms with Gasteiger partial charge in [0.2, 0.25) is 11.8 Å². The van der Waals surface area contributed by atoms with Crippen molar-refractivity contribution in [3.63, 3.8) is 0 Å². The molecule has 3 N–H and O–H groups in total. The number of hydrogen-bond acceptors (Lipinski definition) is 4. The molecule has 0 aliphatic carbocycles. The number of carbonyl (C=O) groups is 3.